The highest BCUT2D eigenvalue weighted by Gasteiger charge is 2.19. The van der Waals surface area contributed by atoms with Gasteiger partial charge in [0.15, 0.2) is 11.0 Å². The third kappa shape index (κ3) is 4.25. The number of likely N-dealkylation sites (tertiary alicyclic amines) is 1. The first-order valence-electron chi connectivity index (χ1n) is 8.75. The first kappa shape index (κ1) is 18.0. The van der Waals surface area contributed by atoms with Crippen LogP contribution in [0.1, 0.15) is 13.3 Å². The van der Waals surface area contributed by atoms with Crippen LogP contribution in [0.2, 0.25) is 0 Å². The van der Waals surface area contributed by atoms with Gasteiger partial charge in [-0.1, -0.05) is 36.9 Å². The van der Waals surface area contributed by atoms with E-state index in [4.69, 9.17) is 4.74 Å². The summed E-state index contributed by atoms with van der Waals surface area (Å²) in [6.07, 6.45) is 3.20. The van der Waals surface area contributed by atoms with Crippen molar-refractivity contribution in [3.05, 3.63) is 36.9 Å². The average Bonchev–Trinajstić information content (AvgIpc) is 3.22. The van der Waals surface area contributed by atoms with Gasteiger partial charge in [-0.3, -0.25) is 4.57 Å². The predicted octanol–water partition coefficient (Wildman–Crippen LogP) is 3.57. The molecule has 0 spiro atoms. The monoisotopic (exact) mass is 358 g/mol. The second-order valence-corrected chi connectivity index (χ2v) is 7.51. The number of ether oxygens (including phenoxy) is 1. The first-order valence-corrected chi connectivity index (χ1v) is 9.74. The number of aromatic nitrogens is 3. The van der Waals surface area contributed by atoms with Gasteiger partial charge in [-0.25, -0.2) is 0 Å². The molecule has 1 fully saturated rings. The lowest BCUT2D eigenvalue weighted by molar-refractivity contribution is 0.349. The minimum atomic E-state index is 0.684. The Morgan fingerprint density at radius 3 is 2.92 bits per heavy atom. The van der Waals surface area contributed by atoms with Crippen molar-refractivity contribution in [2.45, 2.75) is 25.0 Å². The third-order valence-electron chi connectivity index (χ3n) is 4.52. The number of para-hydroxylation sites is 1. The largest absolute Gasteiger partial charge is 0.496 e. The van der Waals surface area contributed by atoms with Gasteiger partial charge in [-0.05, 0) is 31.0 Å². The molecule has 0 aliphatic carbocycles. The van der Waals surface area contributed by atoms with Gasteiger partial charge in [0, 0.05) is 25.4 Å². The number of allylic oxidation sites excluding steroid dienone is 1. The summed E-state index contributed by atoms with van der Waals surface area (Å²) in [5.74, 6) is 3.48. The van der Waals surface area contributed by atoms with Crippen molar-refractivity contribution < 1.29 is 4.74 Å². The quantitative estimate of drug-likeness (QED) is 0.533. The maximum Gasteiger partial charge on any atom is 0.191 e. The van der Waals surface area contributed by atoms with E-state index in [1.165, 1.54) is 19.5 Å². The summed E-state index contributed by atoms with van der Waals surface area (Å²) in [4.78, 5) is 2.53. The zero-order chi connectivity index (χ0) is 17.6. The van der Waals surface area contributed by atoms with Crippen LogP contribution in [0.4, 0.5) is 0 Å². The molecule has 1 aliphatic heterocycles. The van der Waals surface area contributed by atoms with E-state index >= 15 is 0 Å². The van der Waals surface area contributed by atoms with Gasteiger partial charge in [0.05, 0.1) is 12.7 Å². The van der Waals surface area contributed by atoms with E-state index in [1.54, 1.807) is 18.9 Å². The Balaban J connectivity index is 1.74. The van der Waals surface area contributed by atoms with Crippen LogP contribution in [0.5, 0.6) is 5.75 Å². The Morgan fingerprint density at radius 1 is 1.36 bits per heavy atom. The topological polar surface area (TPSA) is 43.2 Å². The van der Waals surface area contributed by atoms with E-state index in [-0.39, 0.29) is 0 Å². The summed E-state index contributed by atoms with van der Waals surface area (Å²) in [5.41, 5.74) is 0.958. The van der Waals surface area contributed by atoms with Crippen molar-refractivity contribution in [2.24, 2.45) is 5.92 Å². The summed E-state index contributed by atoms with van der Waals surface area (Å²) in [6.45, 7) is 10.4. The maximum absolute atomic E-state index is 5.48. The Morgan fingerprint density at radius 2 is 2.20 bits per heavy atom. The third-order valence-corrected chi connectivity index (χ3v) is 5.47. The molecule has 1 saturated heterocycles. The molecular weight excluding hydrogens is 332 g/mol. The maximum atomic E-state index is 5.48. The number of nitrogens with zero attached hydrogens (tertiary/aromatic N) is 4. The van der Waals surface area contributed by atoms with Crippen molar-refractivity contribution in [3.8, 4) is 17.1 Å². The van der Waals surface area contributed by atoms with Crippen molar-refractivity contribution in [1.29, 1.82) is 0 Å². The number of benzene rings is 1. The fraction of sp³-hybridized carbons (Fsp3) is 0.474. The summed E-state index contributed by atoms with van der Waals surface area (Å²) in [5, 5.41) is 9.78. The molecule has 3 rings (SSSR count). The van der Waals surface area contributed by atoms with Crippen LogP contribution >= 0.6 is 11.8 Å². The molecule has 0 unspecified atom stereocenters. The second kappa shape index (κ2) is 8.54. The van der Waals surface area contributed by atoms with Crippen molar-refractivity contribution in [3.63, 3.8) is 0 Å². The smallest absolute Gasteiger partial charge is 0.191 e. The molecule has 134 valence electrons. The molecule has 5 nitrogen and oxygen atoms in total. The molecule has 25 heavy (non-hydrogen) atoms. The molecule has 0 N–H and O–H groups in total. The Labute approximate surface area is 154 Å². The molecule has 1 aromatic heterocycles. The molecule has 2 heterocycles. The van der Waals surface area contributed by atoms with Crippen LogP contribution in [-0.4, -0.2) is 52.2 Å². The van der Waals surface area contributed by atoms with Crippen molar-refractivity contribution in [1.82, 2.24) is 19.7 Å². The van der Waals surface area contributed by atoms with Gasteiger partial charge in [0.2, 0.25) is 0 Å². The van der Waals surface area contributed by atoms with Crippen LogP contribution < -0.4 is 4.74 Å². The van der Waals surface area contributed by atoms with Crippen molar-refractivity contribution >= 4 is 11.8 Å². The lowest BCUT2D eigenvalue weighted by Gasteiger charge is -2.15. The molecule has 2 aromatic rings. The first-order chi connectivity index (χ1) is 12.2. The van der Waals surface area contributed by atoms with Crippen LogP contribution in [-0.2, 0) is 6.54 Å². The van der Waals surface area contributed by atoms with Gasteiger partial charge in [-0.2, -0.15) is 0 Å². The summed E-state index contributed by atoms with van der Waals surface area (Å²) in [6, 6.07) is 7.92. The fourth-order valence-corrected chi connectivity index (χ4v) is 4.16. The molecule has 1 aliphatic rings. The van der Waals surface area contributed by atoms with E-state index in [0.29, 0.717) is 6.54 Å². The van der Waals surface area contributed by atoms with E-state index in [9.17, 15) is 0 Å². The number of hydrogen-bond donors (Lipinski definition) is 0. The zero-order valence-electron chi connectivity index (χ0n) is 15.0. The van der Waals surface area contributed by atoms with Crippen LogP contribution in [0, 0.1) is 5.92 Å². The van der Waals surface area contributed by atoms with Crippen LogP contribution in [0.15, 0.2) is 42.1 Å². The fourth-order valence-electron chi connectivity index (χ4n) is 3.21. The molecule has 0 amide bonds. The van der Waals surface area contributed by atoms with Gasteiger partial charge in [0.1, 0.15) is 5.75 Å². The highest BCUT2D eigenvalue weighted by atomic mass is 32.2. The van der Waals surface area contributed by atoms with Crippen LogP contribution in [0.25, 0.3) is 11.4 Å². The highest BCUT2D eigenvalue weighted by molar-refractivity contribution is 7.99. The van der Waals surface area contributed by atoms with E-state index in [2.05, 4.69) is 33.2 Å². The standard InChI is InChI=1S/C19H26N4OS/c1-4-10-23-18(16-7-5-6-8-17(16)24-3)20-21-19(23)25-13-12-22-11-9-15(2)14-22/h4-8,15H,1,9-14H2,2-3H3/t15-/m0/s1. The van der Waals surface area contributed by atoms with Crippen molar-refractivity contribution in [2.75, 3.05) is 32.5 Å². The molecule has 1 aromatic carbocycles. The van der Waals surface area contributed by atoms with Gasteiger partial charge in [0.25, 0.3) is 0 Å². The van der Waals surface area contributed by atoms with Gasteiger partial charge in [-0.15, -0.1) is 16.8 Å². The van der Waals surface area contributed by atoms with E-state index in [0.717, 1.165) is 40.5 Å². The highest BCUT2D eigenvalue weighted by Crippen LogP contribution is 2.31. The minimum Gasteiger partial charge on any atom is -0.496 e. The normalized spacial score (nSPS) is 17.8. The molecule has 0 saturated carbocycles. The summed E-state index contributed by atoms with van der Waals surface area (Å²) >= 11 is 1.76. The van der Waals surface area contributed by atoms with Crippen LogP contribution in [0.3, 0.4) is 0 Å². The molecule has 0 radical (unpaired) electrons. The number of methoxy groups -OCH3 is 1. The van der Waals surface area contributed by atoms with E-state index < -0.39 is 0 Å². The molecule has 0 bridgehead atoms. The summed E-state index contributed by atoms with van der Waals surface area (Å²) < 4.78 is 7.59. The number of hydrogen-bond acceptors (Lipinski definition) is 5. The Hall–Kier alpha value is -1.79. The second-order valence-electron chi connectivity index (χ2n) is 6.45. The molecule has 6 heteroatoms. The number of thioether (sulfide) groups is 1. The Kier molecular flexibility index (Phi) is 6.15. The lowest BCUT2D eigenvalue weighted by Crippen LogP contribution is -2.23. The summed E-state index contributed by atoms with van der Waals surface area (Å²) in [7, 11) is 1.68. The molecular formula is C19H26N4OS. The zero-order valence-corrected chi connectivity index (χ0v) is 15.8. The number of rotatable bonds is 8. The Bertz CT molecular complexity index is 715. The van der Waals surface area contributed by atoms with Gasteiger partial charge >= 0.3 is 0 Å². The van der Waals surface area contributed by atoms with E-state index in [1.807, 2.05) is 30.3 Å². The lowest BCUT2D eigenvalue weighted by atomic mass is 10.2. The average molecular weight is 359 g/mol. The van der Waals surface area contributed by atoms with Gasteiger partial charge < -0.3 is 9.64 Å². The predicted molar refractivity (Wildman–Crippen MR) is 103 cm³/mol. The minimum absolute atomic E-state index is 0.684. The SMILES string of the molecule is C=CCn1c(SCCN2CC[C@H](C)C2)nnc1-c1ccccc1OC. The molecule has 1 atom stereocenters.